The van der Waals surface area contributed by atoms with Gasteiger partial charge in [-0.25, -0.2) is 0 Å². The van der Waals surface area contributed by atoms with Crippen LogP contribution in [0.15, 0.2) is 218 Å². The second-order valence-electron chi connectivity index (χ2n) is 13.8. The molecule has 0 spiro atoms. The van der Waals surface area contributed by atoms with Crippen molar-refractivity contribution in [1.29, 1.82) is 0 Å². The molecule has 55 heavy (non-hydrogen) atoms. The minimum atomic E-state index is 1.07. The van der Waals surface area contributed by atoms with E-state index in [1.807, 2.05) is 11.3 Å². The fraction of sp³-hybridized carbons (Fsp3) is 0. The Morgan fingerprint density at radius 1 is 0.291 bits per heavy atom. The molecule has 1 aromatic heterocycles. The number of fused-ring (bicyclic) bond motifs is 4. The molecule has 0 aliphatic rings. The molecule has 0 saturated heterocycles. The third-order valence-electron chi connectivity index (χ3n) is 10.4. The maximum Gasteiger partial charge on any atom is 0.0488 e. The molecule has 0 unspecified atom stereocenters. The Bertz CT molecular complexity index is 2870. The highest BCUT2D eigenvalue weighted by atomic mass is 32.1. The minimum absolute atomic E-state index is 1.07. The van der Waals surface area contributed by atoms with Crippen LogP contribution < -0.4 is 9.80 Å². The Hall–Kier alpha value is -6.94. The molecule has 0 aliphatic heterocycles. The van der Waals surface area contributed by atoms with Gasteiger partial charge in [0.25, 0.3) is 0 Å². The number of nitrogens with zero attached hydrogens (tertiary/aromatic N) is 2. The molecule has 0 bridgehead atoms. The van der Waals surface area contributed by atoms with Crippen molar-refractivity contribution in [2.75, 3.05) is 9.80 Å². The van der Waals surface area contributed by atoms with Gasteiger partial charge in [-0.05, 0) is 106 Å². The molecule has 0 fully saturated rings. The summed E-state index contributed by atoms with van der Waals surface area (Å²) < 4.78 is 2.64. The summed E-state index contributed by atoms with van der Waals surface area (Å²) in [6.07, 6.45) is 0. The summed E-state index contributed by atoms with van der Waals surface area (Å²) in [7, 11) is 0. The predicted octanol–water partition coefficient (Wildman–Crippen LogP) is 15.5. The highest BCUT2D eigenvalue weighted by molar-refractivity contribution is 7.26. The fourth-order valence-electron chi connectivity index (χ4n) is 7.88. The normalized spacial score (nSPS) is 11.3. The molecule has 2 nitrogen and oxygen atoms in total. The van der Waals surface area contributed by atoms with Crippen molar-refractivity contribution < 1.29 is 0 Å². The van der Waals surface area contributed by atoms with E-state index in [1.54, 1.807) is 0 Å². The maximum atomic E-state index is 2.39. The molecule has 9 aromatic carbocycles. The monoisotopic (exact) mass is 720 g/mol. The van der Waals surface area contributed by atoms with Crippen molar-refractivity contribution in [3.05, 3.63) is 218 Å². The Balaban J connectivity index is 1.18. The molecular weight excluding hydrogens is 685 g/mol. The van der Waals surface area contributed by atoms with Crippen LogP contribution in [0, 0.1) is 0 Å². The van der Waals surface area contributed by atoms with Gasteiger partial charge in [0.15, 0.2) is 0 Å². The van der Waals surface area contributed by atoms with Crippen molar-refractivity contribution >= 4 is 76.4 Å². The molecule has 0 radical (unpaired) electrons. The van der Waals surface area contributed by atoms with E-state index in [0.29, 0.717) is 0 Å². The number of hydrogen-bond acceptors (Lipinski definition) is 3. The number of rotatable bonds is 8. The molecule has 3 heteroatoms. The molecule has 0 N–H and O–H groups in total. The lowest BCUT2D eigenvalue weighted by molar-refractivity contribution is 1.25. The zero-order chi connectivity index (χ0) is 36.6. The largest absolute Gasteiger partial charge is 0.310 e. The van der Waals surface area contributed by atoms with Crippen LogP contribution in [0.4, 0.5) is 34.1 Å². The second kappa shape index (κ2) is 14.1. The SMILES string of the molecule is c1ccc(N(c2ccccc2)c2cc(-c3cccc4ccccc34)cc(N(c3ccccc3)c3ccc(-c4cccc5c4sc4ccccc45)cc3)c2)cc1. The molecule has 1 heterocycles. The number of benzene rings is 9. The summed E-state index contributed by atoms with van der Waals surface area (Å²) in [5.41, 5.74) is 11.3. The van der Waals surface area contributed by atoms with E-state index in [4.69, 9.17) is 0 Å². The van der Waals surface area contributed by atoms with E-state index in [-0.39, 0.29) is 0 Å². The highest BCUT2D eigenvalue weighted by Crippen LogP contribution is 2.45. The first-order chi connectivity index (χ1) is 27.3. The van der Waals surface area contributed by atoms with E-state index in [0.717, 1.165) is 39.7 Å². The van der Waals surface area contributed by atoms with Crippen LogP contribution >= 0.6 is 11.3 Å². The first kappa shape index (κ1) is 32.7. The average molecular weight is 721 g/mol. The van der Waals surface area contributed by atoms with Gasteiger partial charge in [-0.3, -0.25) is 0 Å². The predicted molar refractivity (Wildman–Crippen MR) is 237 cm³/mol. The van der Waals surface area contributed by atoms with Crippen molar-refractivity contribution in [3.8, 4) is 22.3 Å². The van der Waals surface area contributed by atoms with Crippen molar-refractivity contribution in [3.63, 3.8) is 0 Å². The van der Waals surface area contributed by atoms with Gasteiger partial charge in [-0.1, -0.05) is 146 Å². The zero-order valence-corrected chi connectivity index (χ0v) is 30.9. The third-order valence-corrected chi connectivity index (χ3v) is 11.6. The first-order valence-electron chi connectivity index (χ1n) is 18.7. The topological polar surface area (TPSA) is 6.48 Å². The summed E-state index contributed by atoms with van der Waals surface area (Å²) >= 11 is 1.87. The van der Waals surface area contributed by atoms with Crippen LogP contribution in [0.3, 0.4) is 0 Å². The second-order valence-corrected chi connectivity index (χ2v) is 14.8. The number of hydrogen-bond donors (Lipinski definition) is 0. The number of anilines is 6. The average Bonchev–Trinajstić information content (AvgIpc) is 3.64. The molecule has 260 valence electrons. The lowest BCUT2D eigenvalue weighted by atomic mass is 9.96. The lowest BCUT2D eigenvalue weighted by Crippen LogP contribution is -2.13. The van der Waals surface area contributed by atoms with Gasteiger partial charge in [0.1, 0.15) is 0 Å². The van der Waals surface area contributed by atoms with Crippen LogP contribution in [0.1, 0.15) is 0 Å². The van der Waals surface area contributed by atoms with Crippen LogP contribution in [0.25, 0.3) is 53.2 Å². The Kier molecular flexibility index (Phi) is 8.40. The van der Waals surface area contributed by atoms with Gasteiger partial charge < -0.3 is 9.80 Å². The highest BCUT2D eigenvalue weighted by Gasteiger charge is 2.20. The molecule has 0 amide bonds. The molecule has 10 rings (SSSR count). The van der Waals surface area contributed by atoms with Crippen LogP contribution in [-0.2, 0) is 0 Å². The number of para-hydroxylation sites is 3. The summed E-state index contributed by atoms with van der Waals surface area (Å²) in [6, 6.07) is 78.8. The van der Waals surface area contributed by atoms with E-state index < -0.39 is 0 Å². The van der Waals surface area contributed by atoms with Crippen molar-refractivity contribution in [2.45, 2.75) is 0 Å². The van der Waals surface area contributed by atoms with Gasteiger partial charge in [-0.15, -0.1) is 11.3 Å². The van der Waals surface area contributed by atoms with E-state index in [1.165, 1.54) is 47.6 Å². The lowest BCUT2D eigenvalue weighted by Gasteiger charge is -2.30. The molecule has 10 aromatic rings. The smallest absolute Gasteiger partial charge is 0.0488 e. The zero-order valence-electron chi connectivity index (χ0n) is 30.1. The standard InChI is InChI=1S/C52H36N2S/c1-4-18-40(19-5-1)53(41-20-6-2-7-21-41)44-34-39(47-26-14-17-37-16-10-11-24-46(37)47)35-45(36-44)54(42-22-8-3-9-23-42)43-32-30-38(31-33-43)48-27-15-28-50-49-25-12-13-29-51(49)55-52(48)50/h1-36H. The molecule has 0 aliphatic carbocycles. The van der Waals surface area contributed by atoms with Gasteiger partial charge in [0, 0.05) is 54.3 Å². The minimum Gasteiger partial charge on any atom is -0.310 e. The molecule has 0 atom stereocenters. The number of thiophene rings is 1. The molecular formula is C52H36N2S. The van der Waals surface area contributed by atoms with Gasteiger partial charge in [0.05, 0.1) is 0 Å². The van der Waals surface area contributed by atoms with Crippen LogP contribution in [-0.4, -0.2) is 0 Å². The van der Waals surface area contributed by atoms with Gasteiger partial charge >= 0.3 is 0 Å². The van der Waals surface area contributed by atoms with E-state index >= 15 is 0 Å². The summed E-state index contributed by atoms with van der Waals surface area (Å²) in [6.45, 7) is 0. The Labute approximate surface area is 325 Å². The van der Waals surface area contributed by atoms with E-state index in [2.05, 4.69) is 228 Å². The Morgan fingerprint density at radius 3 is 1.40 bits per heavy atom. The van der Waals surface area contributed by atoms with Crippen LogP contribution in [0.5, 0.6) is 0 Å². The summed E-state index contributed by atoms with van der Waals surface area (Å²) in [4.78, 5) is 4.74. The third kappa shape index (κ3) is 6.11. The summed E-state index contributed by atoms with van der Waals surface area (Å²) in [5, 5.41) is 5.08. The van der Waals surface area contributed by atoms with E-state index in [9.17, 15) is 0 Å². The Morgan fingerprint density at radius 2 is 0.764 bits per heavy atom. The first-order valence-corrected chi connectivity index (χ1v) is 19.5. The summed E-state index contributed by atoms with van der Waals surface area (Å²) in [5.74, 6) is 0. The van der Waals surface area contributed by atoms with Gasteiger partial charge in [-0.2, -0.15) is 0 Å². The fourth-order valence-corrected chi connectivity index (χ4v) is 9.11. The van der Waals surface area contributed by atoms with Crippen LogP contribution in [0.2, 0.25) is 0 Å². The maximum absolute atomic E-state index is 2.39. The quantitative estimate of drug-likeness (QED) is 0.154. The van der Waals surface area contributed by atoms with Gasteiger partial charge in [0.2, 0.25) is 0 Å². The molecule has 0 saturated carbocycles. The van der Waals surface area contributed by atoms with Crippen molar-refractivity contribution in [1.82, 2.24) is 0 Å². The van der Waals surface area contributed by atoms with Crippen molar-refractivity contribution in [2.24, 2.45) is 0 Å².